The maximum absolute atomic E-state index is 12.4. The molecule has 5 nitrogen and oxygen atoms in total. The standard InChI is InChI=1S/C18H13N3O2/c1-23-14-3-2-12-6-9-21-17(22)11-16(13-4-7-19-8-5-13)20-18(21)15(12)10-14/h2-11H,1H3. The van der Waals surface area contributed by atoms with Crippen molar-refractivity contribution in [3.8, 4) is 17.0 Å². The van der Waals surface area contributed by atoms with Gasteiger partial charge in [0.25, 0.3) is 5.56 Å². The lowest BCUT2D eigenvalue weighted by Gasteiger charge is -2.08. The monoisotopic (exact) mass is 303 g/mol. The number of hydrogen-bond acceptors (Lipinski definition) is 4. The zero-order valence-corrected chi connectivity index (χ0v) is 12.4. The Kier molecular flexibility index (Phi) is 3.05. The van der Waals surface area contributed by atoms with Crippen molar-refractivity contribution < 1.29 is 4.74 Å². The van der Waals surface area contributed by atoms with E-state index in [1.165, 1.54) is 6.07 Å². The lowest BCUT2D eigenvalue weighted by Crippen LogP contribution is -2.14. The Bertz CT molecular complexity index is 1070. The normalized spacial score (nSPS) is 11.0. The van der Waals surface area contributed by atoms with E-state index < -0.39 is 0 Å². The first-order valence-electron chi connectivity index (χ1n) is 7.17. The Morgan fingerprint density at radius 1 is 1.04 bits per heavy atom. The molecule has 1 aromatic carbocycles. The van der Waals surface area contributed by atoms with Crippen molar-refractivity contribution in [2.75, 3.05) is 7.11 Å². The van der Waals surface area contributed by atoms with E-state index in [-0.39, 0.29) is 5.56 Å². The molecule has 0 saturated carbocycles. The van der Waals surface area contributed by atoms with Crippen LogP contribution in [-0.2, 0) is 0 Å². The van der Waals surface area contributed by atoms with E-state index >= 15 is 0 Å². The number of rotatable bonds is 2. The smallest absolute Gasteiger partial charge is 0.258 e. The zero-order valence-electron chi connectivity index (χ0n) is 12.4. The summed E-state index contributed by atoms with van der Waals surface area (Å²) in [5.74, 6) is 0.731. The molecule has 0 radical (unpaired) electrons. The van der Waals surface area contributed by atoms with Gasteiger partial charge in [-0.1, -0.05) is 6.07 Å². The van der Waals surface area contributed by atoms with Crippen LogP contribution in [-0.4, -0.2) is 21.5 Å². The van der Waals surface area contributed by atoms with E-state index in [0.717, 1.165) is 22.1 Å². The molecular weight excluding hydrogens is 290 g/mol. The van der Waals surface area contributed by atoms with Gasteiger partial charge in [-0.05, 0) is 35.7 Å². The van der Waals surface area contributed by atoms with Gasteiger partial charge in [0.15, 0.2) is 0 Å². The molecule has 0 aliphatic carbocycles. The molecule has 112 valence electrons. The first-order valence-corrected chi connectivity index (χ1v) is 7.17. The van der Waals surface area contributed by atoms with E-state index in [0.29, 0.717) is 11.3 Å². The molecule has 0 fully saturated rings. The molecule has 0 unspecified atom stereocenters. The molecule has 0 atom stereocenters. The summed E-state index contributed by atoms with van der Waals surface area (Å²) in [5.41, 5.74) is 1.99. The first kappa shape index (κ1) is 13.5. The highest BCUT2D eigenvalue weighted by atomic mass is 16.5. The molecule has 0 bridgehead atoms. The third-order valence-electron chi connectivity index (χ3n) is 3.83. The number of benzene rings is 1. The number of fused-ring (bicyclic) bond motifs is 3. The van der Waals surface area contributed by atoms with Crippen LogP contribution in [0.15, 0.2) is 65.8 Å². The summed E-state index contributed by atoms with van der Waals surface area (Å²) >= 11 is 0. The maximum Gasteiger partial charge on any atom is 0.258 e. The average Bonchev–Trinajstić information content (AvgIpc) is 2.61. The highest BCUT2D eigenvalue weighted by molar-refractivity contribution is 5.95. The van der Waals surface area contributed by atoms with Crippen LogP contribution < -0.4 is 10.3 Å². The quantitative estimate of drug-likeness (QED) is 0.534. The van der Waals surface area contributed by atoms with Crippen molar-refractivity contribution in [3.05, 3.63) is 71.4 Å². The second-order valence-electron chi connectivity index (χ2n) is 5.18. The van der Waals surface area contributed by atoms with Crippen LogP contribution >= 0.6 is 0 Å². The molecule has 0 spiro atoms. The summed E-state index contributed by atoms with van der Waals surface area (Å²) in [6.45, 7) is 0. The summed E-state index contributed by atoms with van der Waals surface area (Å²) in [6.07, 6.45) is 5.12. The van der Waals surface area contributed by atoms with Crippen LogP contribution in [0.3, 0.4) is 0 Å². The lowest BCUT2D eigenvalue weighted by molar-refractivity contribution is 0.415. The van der Waals surface area contributed by atoms with Gasteiger partial charge in [-0.15, -0.1) is 0 Å². The number of hydrogen-bond donors (Lipinski definition) is 0. The van der Waals surface area contributed by atoms with Crippen LogP contribution in [0.4, 0.5) is 0 Å². The minimum absolute atomic E-state index is 0.119. The van der Waals surface area contributed by atoms with E-state index in [4.69, 9.17) is 4.74 Å². The largest absolute Gasteiger partial charge is 0.497 e. The second-order valence-corrected chi connectivity index (χ2v) is 5.18. The van der Waals surface area contributed by atoms with Crippen molar-refractivity contribution in [1.82, 2.24) is 14.4 Å². The van der Waals surface area contributed by atoms with Gasteiger partial charge in [-0.3, -0.25) is 14.2 Å². The van der Waals surface area contributed by atoms with Crippen LogP contribution in [0.5, 0.6) is 5.75 Å². The van der Waals surface area contributed by atoms with E-state index in [1.54, 1.807) is 30.1 Å². The molecule has 3 aromatic heterocycles. The van der Waals surface area contributed by atoms with Crippen molar-refractivity contribution in [3.63, 3.8) is 0 Å². The summed E-state index contributed by atoms with van der Waals surface area (Å²) in [5, 5.41) is 1.88. The van der Waals surface area contributed by atoms with Crippen LogP contribution in [0.2, 0.25) is 0 Å². The Hall–Kier alpha value is -3.21. The Labute approximate surface area is 131 Å². The molecule has 23 heavy (non-hydrogen) atoms. The Morgan fingerprint density at radius 2 is 1.87 bits per heavy atom. The Balaban J connectivity index is 2.10. The van der Waals surface area contributed by atoms with E-state index in [1.807, 2.05) is 36.4 Å². The van der Waals surface area contributed by atoms with Crippen LogP contribution in [0, 0.1) is 0 Å². The van der Waals surface area contributed by atoms with Gasteiger partial charge in [0.2, 0.25) is 0 Å². The van der Waals surface area contributed by atoms with E-state index in [2.05, 4.69) is 9.97 Å². The van der Waals surface area contributed by atoms with E-state index in [9.17, 15) is 4.79 Å². The van der Waals surface area contributed by atoms with Crippen molar-refractivity contribution in [2.24, 2.45) is 0 Å². The van der Waals surface area contributed by atoms with Crippen molar-refractivity contribution in [1.29, 1.82) is 0 Å². The molecule has 0 saturated heterocycles. The summed E-state index contributed by atoms with van der Waals surface area (Å²) in [7, 11) is 1.62. The van der Waals surface area contributed by atoms with Crippen molar-refractivity contribution >= 4 is 16.4 Å². The lowest BCUT2D eigenvalue weighted by atomic mass is 10.1. The number of methoxy groups -OCH3 is 1. The predicted octanol–water partition coefficient (Wildman–Crippen LogP) is 2.92. The number of pyridine rings is 2. The molecule has 4 rings (SSSR count). The Morgan fingerprint density at radius 3 is 2.65 bits per heavy atom. The van der Waals surface area contributed by atoms with Crippen LogP contribution in [0.25, 0.3) is 27.7 Å². The average molecular weight is 303 g/mol. The van der Waals surface area contributed by atoms with Crippen LogP contribution in [0.1, 0.15) is 0 Å². The summed E-state index contributed by atoms with van der Waals surface area (Å²) < 4.78 is 6.84. The predicted molar refractivity (Wildman–Crippen MR) is 88.8 cm³/mol. The van der Waals surface area contributed by atoms with Gasteiger partial charge < -0.3 is 4.74 Å². The minimum atomic E-state index is -0.119. The molecule has 0 amide bonds. The fourth-order valence-corrected chi connectivity index (χ4v) is 2.65. The minimum Gasteiger partial charge on any atom is -0.497 e. The number of aromatic nitrogens is 3. The van der Waals surface area contributed by atoms with Gasteiger partial charge in [-0.25, -0.2) is 4.98 Å². The first-order chi connectivity index (χ1) is 11.3. The second kappa shape index (κ2) is 5.21. The third kappa shape index (κ3) is 2.23. The van der Waals surface area contributed by atoms with Gasteiger partial charge >= 0.3 is 0 Å². The molecule has 5 heteroatoms. The SMILES string of the molecule is COc1ccc2ccn3c(=O)cc(-c4ccncc4)nc3c2c1. The zero-order chi connectivity index (χ0) is 15.8. The fraction of sp³-hybridized carbons (Fsp3) is 0.0556. The van der Waals surface area contributed by atoms with Gasteiger partial charge in [0.05, 0.1) is 12.8 Å². The van der Waals surface area contributed by atoms with Crippen molar-refractivity contribution in [2.45, 2.75) is 0 Å². The highest BCUT2D eigenvalue weighted by Crippen LogP contribution is 2.24. The molecule has 0 aliphatic heterocycles. The molecule has 4 aromatic rings. The van der Waals surface area contributed by atoms with Gasteiger partial charge in [-0.2, -0.15) is 0 Å². The molecule has 3 heterocycles. The molecule has 0 aliphatic rings. The number of ether oxygens (including phenoxy) is 1. The topological polar surface area (TPSA) is 56.5 Å². The summed E-state index contributed by atoms with van der Waals surface area (Å²) in [4.78, 5) is 21.1. The van der Waals surface area contributed by atoms with Gasteiger partial charge in [0.1, 0.15) is 11.4 Å². The maximum atomic E-state index is 12.4. The van der Waals surface area contributed by atoms with Gasteiger partial charge in [0, 0.05) is 35.6 Å². The number of nitrogens with zero attached hydrogens (tertiary/aromatic N) is 3. The third-order valence-corrected chi connectivity index (χ3v) is 3.83. The highest BCUT2D eigenvalue weighted by Gasteiger charge is 2.08. The molecular formula is C18H13N3O2. The summed E-state index contributed by atoms with van der Waals surface area (Å²) in [6, 6.07) is 12.9. The molecule has 0 N–H and O–H groups in total. The fourth-order valence-electron chi connectivity index (χ4n) is 2.65.